The Hall–Kier alpha value is -3.76. The average molecular weight is 568 g/mol. The summed E-state index contributed by atoms with van der Waals surface area (Å²) in [5, 5.41) is 21.6. The van der Waals surface area contributed by atoms with Crippen LogP contribution in [0.25, 0.3) is 0 Å². The molecular weight excluding hydrogens is 546 g/mol. The molecule has 0 spiro atoms. The van der Waals surface area contributed by atoms with E-state index in [4.69, 9.17) is 4.74 Å². The molecule has 3 aromatic rings. The molecule has 1 heterocycles. The summed E-state index contributed by atoms with van der Waals surface area (Å²) in [6.45, 7) is 0.823. The molecule has 0 radical (unpaired) electrons. The summed E-state index contributed by atoms with van der Waals surface area (Å²) in [5.41, 5.74) is 0.0478. The Labute approximate surface area is 220 Å². The number of ether oxygens (including phenoxy) is 2. The second-order valence-corrected chi connectivity index (χ2v) is 11.3. The van der Waals surface area contributed by atoms with Crippen LogP contribution in [0.5, 0.6) is 5.75 Å². The number of hydrogen-bond donors (Lipinski definition) is 1. The fourth-order valence-corrected chi connectivity index (χ4v) is 5.97. The number of carbonyl (C=O) groups excluding carboxylic acids is 2. The number of hydrogen-bond acceptors (Lipinski definition) is 12. The number of esters is 1. The lowest BCUT2D eigenvalue weighted by Gasteiger charge is -2.24. The molecule has 1 N–H and O–H groups in total. The minimum atomic E-state index is -4.41. The fourth-order valence-electron chi connectivity index (χ4n) is 2.92. The molecule has 16 heteroatoms. The number of aromatic nitrogens is 2. The lowest BCUT2D eigenvalue weighted by molar-refractivity contribution is -0.385. The number of thioether (sulfide) groups is 1. The van der Waals surface area contributed by atoms with Crippen LogP contribution in [0.4, 0.5) is 16.5 Å². The zero-order valence-corrected chi connectivity index (χ0v) is 22.2. The van der Waals surface area contributed by atoms with Crippen molar-refractivity contribution in [3.63, 3.8) is 0 Å². The van der Waals surface area contributed by atoms with Crippen molar-refractivity contribution in [3.8, 4) is 5.75 Å². The second kappa shape index (κ2) is 12.0. The van der Waals surface area contributed by atoms with Gasteiger partial charge in [0.05, 0.1) is 35.5 Å². The summed E-state index contributed by atoms with van der Waals surface area (Å²) in [6.07, 6.45) is 0. The van der Waals surface area contributed by atoms with E-state index < -0.39 is 33.4 Å². The zero-order chi connectivity index (χ0) is 27.2. The normalized spacial score (nSPS) is 11.0. The van der Waals surface area contributed by atoms with Gasteiger partial charge in [-0.3, -0.25) is 29.3 Å². The number of nitro benzene ring substituents is 1. The van der Waals surface area contributed by atoms with Gasteiger partial charge in [-0.25, -0.2) is 8.42 Å². The molecule has 0 fully saturated rings. The van der Waals surface area contributed by atoms with E-state index in [0.717, 1.165) is 33.5 Å². The van der Waals surface area contributed by atoms with Gasteiger partial charge in [-0.2, -0.15) is 0 Å². The highest BCUT2D eigenvalue weighted by Crippen LogP contribution is 2.30. The van der Waals surface area contributed by atoms with E-state index >= 15 is 0 Å². The molecular formula is C21H21N5O8S3. The van der Waals surface area contributed by atoms with Crippen LogP contribution in [-0.4, -0.2) is 61.9 Å². The van der Waals surface area contributed by atoms with Crippen LogP contribution in [0.2, 0.25) is 0 Å². The number of nitrogens with one attached hydrogen (secondary N) is 1. The second-order valence-electron chi connectivity index (χ2n) is 7.20. The third-order valence-corrected chi connectivity index (χ3v) is 8.52. The lowest BCUT2D eigenvalue weighted by Crippen LogP contribution is -2.38. The quantitative estimate of drug-likeness (QED) is 0.119. The van der Waals surface area contributed by atoms with E-state index in [-0.39, 0.29) is 32.7 Å². The molecule has 0 saturated heterocycles. The van der Waals surface area contributed by atoms with Gasteiger partial charge in [-0.1, -0.05) is 29.2 Å². The molecule has 0 aliphatic rings. The average Bonchev–Trinajstić information content (AvgIpc) is 3.32. The first-order valence-corrected chi connectivity index (χ1v) is 13.5. The predicted molar refractivity (Wildman–Crippen MR) is 137 cm³/mol. The maximum Gasteiger partial charge on any atom is 0.316 e. The number of anilines is 2. The van der Waals surface area contributed by atoms with Crippen molar-refractivity contribution in [2.75, 3.05) is 36.1 Å². The smallest absolute Gasteiger partial charge is 0.316 e. The Morgan fingerprint density at radius 1 is 1.16 bits per heavy atom. The van der Waals surface area contributed by atoms with Gasteiger partial charge in [-0.05, 0) is 37.3 Å². The summed E-state index contributed by atoms with van der Waals surface area (Å²) < 4.78 is 38.0. The molecule has 37 heavy (non-hydrogen) atoms. The molecule has 0 aliphatic heterocycles. The van der Waals surface area contributed by atoms with Crippen LogP contribution in [0.1, 0.15) is 5.56 Å². The molecule has 13 nitrogen and oxygen atoms in total. The van der Waals surface area contributed by atoms with Crippen LogP contribution >= 0.6 is 23.1 Å². The van der Waals surface area contributed by atoms with Gasteiger partial charge in [0.1, 0.15) is 12.3 Å². The molecule has 1 aromatic heterocycles. The molecule has 0 atom stereocenters. The highest BCUT2D eigenvalue weighted by Gasteiger charge is 2.29. The monoisotopic (exact) mass is 567 g/mol. The topological polar surface area (TPSA) is 171 Å². The predicted octanol–water partition coefficient (Wildman–Crippen LogP) is 2.86. The van der Waals surface area contributed by atoms with Gasteiger partial charge in [0, 0.05) is 11.6 Å². The van der Waals surface area contributed by atoms with Gasteiger partial charge in [-0.15, -0.1) is 10.2 Å². The SMILES string of the molecule is COC(=O)CSc1nnc(NC(=O)CN(c2ccc(OC)cc2)S(=O)(=O)c2ccc(C)c([N+](=O)[O-])c2)s1. The number of benzene rings is 2. The molecule has 1 amide bonds. The Kier molecular flexibility index (Phi) is 9.01. The Morgan fingerprint density at radius 3 is 2.49 bits per heavy atom. The van der Waals surface area contributed by atoms with Gasteiger partial charge >= 0.3 is 5.97 Å². The third-order valence-electron chi connectivity index (χ3n) is 4.81. The molecule has 0 unspecified atom stereocenters. The van der Waals surface area contributed by atoms with Crippen LogP contribution in [0.3, 0.4) is 0 Å². The van der Waals surface area contributed by atoms with Crippen molar-refractivity contribution in [2.24, 2.45) is 0 Å². The van der Waals surface area contributed by atoms with Crippen molar-refractivity contribution in [1.29, 1.82) is 0 Å². The number of amides is 1. The summed E-state index contributed by atoms with van der Waals surface area (Å²) >= 11 is 2.06. The molecule has 0 saturated carbocycles. The van der Waals surface area contributed by atoms with Gasteiger partial charge < -0.3 is 9.47 Å². The lowest BCUT2D eigenvalue weighted by atomic mass is 10.2. The van der Waals surface area contributed by atoms with Crippen molar-refractivity contribution in [1.82, 2.24) is 10.2 Å². The van der Waals surface area contributed by atoms with Crippen molar-refractivity contribution >= 4 is 61.5 Å². The first-order valence-electron chi connectivity index (χ1n) is 10.3. The third kappa shape index (κ3) is 6.93. The molecule has 2 aromatic carbocycles. The summed E-state index contributed by atoms with van der Waals surface area (Å²) in [4.78, 5) is 34.5. The fraction of sp³-hybridized carbons (Fsp3) is 0.238. The van der Waals surface area contributed by atoms with Crippen LogP contribution < -0.4 is 14.4 Å². The summed E-state index contributed by atoms with van der Waals surface area (Å²) in [5.74, 6) is -0.725. The van der Waals surface area contributed by atoms with E-state index in [1.807, 2.05) is 0 Å². The Balaban J connectivity index is 1.89. The number of nitrogens with zero attached hydrogens (tertiary/aromatic N) is 4. The molecule has 196 valence electrons. The maximum atomic E-state index is 13.6. The maximum absolute atomic E-state index is 13.6. The van der Waals surface area contributed by atoms with Crippen LogP contribution in [-0.2, 0) is 24.3 Å². The van der Waals surface area contributed by atoms with Crippen molar-refractivity contribution in [2.45, 2.75) is 16.2 Å². The molecule has 0 aliphatic carbocycles. The number of carbonyl (C=O) groups is 2. The Morgan fingerprint density at radius 2 is 1.86 bits per heavy atom. The van der Waals surface area contributed by atoms with Crippen molar-refractivity contribution < 1.29 is 32.4 Å². The number of aryl methyl sites for hydroxylation is 1. The number of methoxy groups -OCH3 is 2. The van der Waals surface area contributed by atoms with Gasteiger partial charge in [0.25, 0.3) is 15.7 Å². The van der Waals surface area contributed by atoms with Gasteiger partial charge in [0.15, 0.2) is 4.34 Å². The number of nitro groups is 1. The van der Waals surface area contributed by atoms with Gasteiger partial charge in [0.2, 0.25) is 11.0 Å². The first kappa shape index (κ1) is 27.8. The van der Waals surface area contributed by atoms with Crippen LogP contribution in [0, 0.1) is 17.0 Å². The molecule has 0 bridgehead atoms. The van der Waals surface area contributed by atoms with E-state index in [1.54, 1.807) is 0 Å². The summed E-state index contributed by atoms with van der Waals surface area (Å²) in [6, 6.07) is 9.44. The molecule has 3 rings (SSSR count). The number of rotatable bonds is 11. The number of sulfonamides is 1. The highest BCUT2D eigenvalue weighted by atomic mass is 32.2. The minimum Gasteiger partial charge on any atom is -0.497 e. The van der Waals surface area contributed by atoms with E-state index in [2.05, 4.69) is 20.3 Å². The van der Waals surface area contributed by atoms with E-state index in [9.17, 15) is 28.1 Å². The standard InChI is InChI=1S/C21H21N5O8S3/c1-13-4-9-16(10-17(13)26(29)30)37(31,32)25(14-5-7-15(33-2)8-6-14)11-18(27)22-20-23-24-21(36-20)35-12-19(28)34-3/h4-10H,11-12H2,1-3H3,(H,22,23,27). The Bertz CT molecular complexity index is 1410. The zero-order valence-electron chi connectivity index (χ0n) is 19.7. The first-order chi connectivity index (χ1) is 17.5. The largest absolute Gasteiger partial charge is 0.497 e. The van der Waals surface area contributed by atoms with Crippen molar-refractivity contribution in [3.05, 3.63) is 58.1 Å². The van der Waals surface area contributed by atoms with E-state index in [1.165, 1.54) is 57.5 Å². The van der Waals surface area contributed by atoms with Crippen LogP contribution in [0.15, 0.2) is 51.7 Å². The van der Waals surface area contributed by atoms with E-state index in [0.29, 0.717) is 10.1 Å². The minimum absolute atomic E-state index is 0.00522. The summed E-state index contributed by atoms with van der Waals surface area (Å²) in [7, 11) is -1.71. The highest BCUT2D eigenvalue weighted by molar-refractivity contribution is 8.01.